The van der Waals surface area contributed by atoms with E-state index in [1.807, 2.05) is 6.08 Å². The van der Waals surface area contributed by atoms with E-state index in [2.05, 4.69) is 6.58 Å². The number of allylic oxidation sites excluding steroid dienone is 1. The van der Waals surface area contributed by atoms with Gasteiger partial charge in [0.25, 0.3) is 0 Å². The van der Waals surface area contributed by atoms with Gasteiger partial charge in [-0.25, -0.2) is 0 Å². The van der Waals surface area contributed by atoms with Crippen molar-refractivity contribution >= 4 is 20.2 Å². The quantitative estimate of drug-likeness (QED) is 0.262. The van der Waals surface area contributed by atoms with Crippen molar-refractivity contribution in [2.24, 2.45) is 0 Å². The molecule has 0 aliphatic carbocycles. The van der Waals surface area contributed by atoms with Crippen LogP contribution in [0.4, 0.5) is 0 Å². The van der Waals surface area contributed by atoms with Crippen molar-refractivity contribution in [3.05, 3.63) is 12.7 Å². The molecule has 0 amide bonds. The van der Waals surface area contributed by atoms with Crippen LogP contribution in [0, 0.1) is 0 Å². The number of rotatable bonds is 3. The van der Waals surface area contributed by atoms with E-state index in [-0.39, 0.29) is 9.76 Å². The molecular formula is C3H10OSi2. The Morgan fingerprint density at radius 1 is 2.00 bits per heavy atom. The predicted molar refractivity (Wildman–Crippen MR) is 34.6 cm³/mol. The van der Waals surface area contributed by atoms with Gasteiger partial charge in [-0.1, -0.05) is 6.08 Å². The minimum absolute atomic E-state index is 0.135. The van der Waals surface area contributed by atoms with Crippen molar-refractivity contribution in [2.75, 3.05) is 0 Å². The second kappa shape index (κ2) is 5.13. The van der Waals surface area contributed by atoms with Crippen LogP contribution in [0.5, 0.6) is 0 Å². The van der Waals surface area contributed by atoms with Crippen molar-refractivity contribution in [3.8, 4) is 0 Å². The lowest BCUT2D eigenvalue weighted by molar-refractivity contribution is 0.666. The Morgan fingerprint density at radius 3 is 2.83 bits per heavy atom. The molecule has 0 spiro atoms. The summed E-state index contributed by atoms with van der Waals surface area (Å²) in [7, 11) is 0.783. The lowest BCUT2D eigenvalue weighted by atomic mass is 10.8. The Labute approximate surface area is 43.9 Å². The normalized spacial score (nSPS) is 10.7. The molecule has 1 nitrogen and oxygen atoms in total. The summed E-state index contributed by atoms with van der Waals surface area (Å²) in [6.45, 7) is 3.57. The van der Waals surface area contributed by atoms with E-state index in [1.165, 1.54) is 0 Å². The van der Waals surface area contributed by atoms with Crippen LogP contribution < -0.4 is 0 Å². The molecule has 0 bridgehead atoms. The first-order chi connectivity index (χ1) is 2.91. The van der Waals surface area contributed by atoms with Gasteiger partial charge < -0.3 is 4.12 Å². The van der Waals surface area contributed by atoms with E-state index in [0.29, 0.717) is 0 Å². The standard InChI is InChI=1S/C3H10OSi2/c1-2-3-6-4-5/h2H,1,3,6H2,5H3. The number of hydrogen-bond donors (Lipinski definition) is 0. The SMILES string of the molecule is C=CC[SiH2]O[SiH3]. The van der Waals surface area contributed by atoms with Gasteiger partial charge in [0, 0.05) is 0 Å². The minimum atomic E-state index is -0.135. The Kier molecular flexibility index (Phi) is 5.25. The average Bonchev–Trinajstić information content (AvgIpc) is 1.61. The number of hydrogen-bond acceptors (Lipinski definition) is 1. The second-order valence-electron chi connectivity index (χ2n) is 1.07. The van der Waals surface area contributed by atoms with Crippen LogP contribution in [0.25, 0.3) is 0 Å². The molecule has 36 valence electrons. The maximum absolute atomic E-state index is 4.99. The average molecular weight is 118 g/mol. The molecule has 0 saturated carbocycles. The molecule has 0 N–H and O–H groups in total. The molecule has 0 aliphatic rings. The first-order valence-electron chi connectivity index (χ1n) is 2.01. The zero-order chi connectivity index (χ0) is 4.83. The predicted octanol–water partition coefficient (Wildman–Crippen LogP) is -1.03. The third kappa shape index (κ3) is 4.13. The second-order valence-corrected chi connectivity index (χ2v) is 4.37. The highest BCUT2D eigenvalue weighted by Gasteiger charge is 1.72. The van der Waals surface area contributed by atoms with E-state index in [1.54, 1.807) is 0 Å². The summed E-state index contributed by atoms with van der Waals surface area (Å²) in [5, 5.41) is 0. The fourth-order valence-electron chi connectivity index (χ4n) is 0.201. The van der Waals surface area contributed by atoms with Gasteiger partial charge in [0.1, 0.15) is 20.2 Å². The van der Waals surface area contributed by atoms with Crippen LogP contribution in [0.15, 0.2) is 12.7 Å². The zero-order valence-corrected chi connectivity index (χ0v) is 7.52. The van der Waals surface area contributed by atoms with Crippen molar-refractivity contribution in [2.45, 2.75) is 6.04 Å². The maximum Gasteiger partial charge on any atom is 0.149 e. The van der Waals surface area contributed by atoms with E-state index < -0.39 is 0 Å². The first kappa shape index (κ1) is 6.13. The molecule has 0 radical (unpaired) electrons. The fourth-order valence-corrected chi connectivity index (χ4v) is 1.31. The van der Waals surface area contributed by atoms with Gasteiger partial charge in [0.2, 0.25) is 0 Å². The van der Waals surface area contributed by atoms with Gasteiger partial charge in [0.05, 0.1) is 0 Å². The molecule has 0 unspecified atom stereocenters. The molecule has 0 fully saturated rings. The Morgan fingerprint density at radius 2 is 2.67 bits per heavy atom. The Bertz CT molecular complexity index is 37.8. The highest BCUT2D eigenvalue weighted by atomic mass is 28.3. The molecule has 0 atom stereocenters. The third-order valence-corrected chi connectivity index (χ3v) is 2.80. The van der Waals surface area contributed by atoms with E-state index in [0.717, 1.165) is 16.5 Å². The van der Waals surface area contributed by atoms with E-state index >= 15 is 0 Å². The van der Waals surface area contributed by atoms with E-state index in [4.69, 9.17) is 4.12 Å². The highest BCUT2D eigenvalue weighted by Crippen LogP contribution is 1.74. The van der Waals surface area contributed by atoms with Crippen LogP contribution in [-0.4, -0.2) is 20.2 Å². The molecule has 0 aromatic carbocycles. The van der Waals surface area contributed by atoms with Crippen LogP contribution in [0.1, 0.15) is 0 Å². The first-order valence-corrected chi connectivity index (χ1v) is 4.41. The summed E-state index contributed by atoms with van der Waals surface area (Å²) in [5.41, 5.74) is 0. The summed E-state index contributed by atoms with van der Waals surface area (Å²) < 4.78 is 4.99. The minimum Gasteiger partial charge on any atom is -0.468 e. The lowest BCUT2D eigenvalue weighted by Crippen LogP contribution is -1.89. The van der Waals surface area contributed by atoms with E-state index in [9.17, 15) is 0 Å². The van der Waals surface area contributed by atoms with Crippen LogP contribution in [-0.2, 0) is 4.12 Å². The van der Waals surface area contributed by atoms with Gasteiger partial charge in [0.15, 0.2) is 0 Å². The Balaban J connectivity index is 2.49. The zero-order valence-electron chi connectivity index (χ0n) is 4.11. The van der Waals surface area contributed by atoms with Gasteiger partial charge in [-0.2, -0.15) is 0 Å². The molecule has 0 aliphatic heterocycles. The Hall–Kier alpha value is 0.134. The third-order valence-electron chi connectivity index (χ3n) is 0.526. The fraction of sp³-hybridized carbons (Fsp3) is 0.333. The summed E-state index contributed by atoms with van der Waals surface area (Å²) in [4.78, 5) is 0. The molecule has 0 aromatic rings. The smallest absolute Gasteiger partial charge is 0.149 e. The van der Waals surface area contributed by atoms with Crippen molar-refractivity contribution < 1.29 is 4.12 Å². The van der Waals surface area contributed by atoms with Gasteiger partial charge >= 0.3 is 0 Å². The van der Waals surface area contributed by atoms with Crippen LogP contribution >= 0.6 is 0 Å². The van der Waals surface area contributed by atoms with Gasteiger partial charge in [-0.3, -0.25) is 0 Å². The molecule has 6 heavy (non-hydrogen) atoms. The summed E-state index contributed by atoms with van der Waals surface area (Å²) >= 11 is 0. The maximum atomic E-state index is 4.99. The monoisotopic (exact) mass is 118 g/mol. The molecule has 0 saturated heterocycles. The summed E-state index contributed by atoms with van der Waals surface area (Å²) in [6, 6.07) is 1.13. The molecule has 0 rings (SSSR count). The molecular weight excluding hydrogens is 108 g/mol. The van der Waals surface area contributed by atoms with Crippen molar-refractivity contribution in [1.29, 1.82) is 0 Å². The summed E-state index contributed by atoms with van der Waals surface area (Å²) in [6.07, 6.45) is 1.92. The molecule has 0 heterocycles. The van der Waals surface area contributed by atoms with Crippen molar-refractivity contribution in [3.63, 3.8) is 0 Å². The van der Waals surface area contributed by atoms with Crippen LogP contribution in [0.2, 0.25) is 6.04 Å². The topological polar surface area (TPSA) is 9.23 Å². The molecule has 3 heteroatoms. The lowest BCUT2D eigenvalue weighted by Gasteiger charge is -1.85. The van der Waals surface area contributed by atoms with Crippen LogP contribution in [0.3, 0.4) is 0 Å². The van der Waals surface area contributed by atoms with Crippen molar-refractivity contribution in [1.82, 2.24) is 0 Å². The summed E-state index contributed by atoms with van der Waals surface area (Å²) in [5.74, 6) is 0. The van der Waals surface area contributed by atoms with Gasteiger partial charge in [-0.05, 0) is 6.04 Å². The largest absolute Gasteiger partial charge is 0.468 e. The highest BCUT2D eigenvalue weighted by molar-refractivity contribution is 6.34. The van der Waals surface area contributed by atoms with Gasteiger partial charge in [-0.15, -0.1) is 6.58 Å². The molecule has 0 aromatic heterocycles.